The lowest BCUT2D eigenvalue weighted by molar-refractivity contribution is 0.648. The van der Waals surface area contributed by atoms with Crippen molar-refractivity contribution in [2.24, 2.45) is 0 Å². The second-order valence-electron chi connectivity index (χ2n) is 3.59. The summed E-state index contributed by atoms with van der Waals surface area (Å²) >= 11 is 5.17. The van der Waals surface area contributed by atoms with E-state index >= 15 is 0 Å². The summed E-state index contributed by atoms with van der Waals surface area (Å²) in [5.41, 5.74) is 2.20. The van der Waals surface area contributed by atoms with Gasteiger partial charge < -0.3 is 5.32 Å². The van der Waals surface area contributed by atoms with Gasteiger partial charge in [0.15, 0.2) is 0 Å². The number of hydrogen-bond acceptors (Lipinski definition) is 3. The zero-order valence-corrected chi connectivity index (χ0v) is 11.6. The van der Waals surface area contributed by atoms with Crippen molar-refractivity contribution in [3.05, 3.63) is 39.1 Å². The third-order valence-corrected chi connectivity index (χ3v) is 3.97. The van der Waals surface area contributed by atoms with Crippen LogP contribution in [0.15, 0.2) is 34.1 Å². The maximum absolute atomic E-state index is 4.63. The summed E-state index contributed by atoms with van der Waals surface area (Å²) in [4.78, 5) is 4.63. The molecule has 16 heavy (non-hydrogen) atoms. The smallest absolute Gasteiger partial charge is 0.110 e. The van der Waals surface area contributed by atoms with Crippen LogP contribution in [0.4, 0.5) is 0 Å². The zero-order valence-electron chi connectivity index (χ0n) is 9.20. The fourth-order valence-electron chi connectivity index (χ4n) is 1.39. The van der Waals surface area contributed by atoms with E-state index < -0.39 is 0 Å². The standard InChI is InChI=1S/C12H13BrN2S/c1-8(14-2)12-15-11(7-16-12)9-4-3-5-10(13)6-9/h3-8,14H,1-2H3. The van der Waals surface area contributed by atoms with Crippen molar-refractivity contribution in [3.8, 4) is 11.3 Å². The SMILES string of the molecule is CNC(C)c1nc(-c2cccc(Br)c2)cs1. The molecule has 0 aliphatic heterocycles. The number of halogens is 1. The van der Waals surface area contributed by atoms with Crippen molar-refractivity contribution in [3.63, 3.8) is 0 Å². The first-order valence-electron chi connectivity index (χ1n) is 5.09. The Kier molecular flexibility index (Phi) is 3.74. The molecule has 1 aromatic carbocycles. The van der Waals surface area contributed by atoms with Gasteiger partial charge in [0.05, 0.1) is 11.7 Å². The molecule has 0 spiro atoms. The van der Waals surface area contributed by atoms with E-state index in [1.807, 2.05) is 19.2 Å². The van der Waals surface area contributed by atoms with Crippen LogP contribution in [0.2, 0.25) is 0 Å². The van der Waals surface area contributed by atoms with Crippen molar-refractivity contribution in [2.45, 2.75) is 13.0 Å². The highest BCUT2D eigenvalue weighted by atomic mass is 79.9. The van der Waals surface area contributed by atoms with E-state index in [0.29, 0.717) is 6.04 Å². The van der Waals surface area contributed by atoms with Crippen molar-refractivity contribution in [2.75, 3.05) is 7.05 Å². The fourth-order valence-corrected chi connectivity index (χ4v) is 2.68. The third kappa shape index (κ3) is 2.51. The number of hydrogen-bond donors (Lipinski definition) is 1. The molecule has 0 aliphatic rings. The summed E-state index contributed by atoms with van der Waals surface area (Å²) in [7, 11) is 1.95. The van der Waals surface area contributed by atoms with Crippen LogP contribution in [0.5, 0.6) is 0 Å². The van der Waals surface area contributed by atoms with Crippen molar-refractivity contribution in [1.82, 2.24) is 10.3 Å². The molecule has 1 unspecified atom stereocenters. The molecule has 1 heterocycles. The Morgan fingerprint density at radius 1 is 1.44 bits per heavy atom. The van der Waals surface area contributed by atoms with Crippen LogP contribution in [0, 0.1) is 0 Å². The minimum atomic E-state index is 0.311. The number of nitrogens with zero attached hydrogens (tertiary/aromatic N) is 1. The second-order valence-corrected chi connectivity index (χ2v) is 5.40. The minimum absolute atomic E-state index is 0.311. The second kappa shape index (κ2) is 5.08. The molecule has 0 radical (unpaired) electrons. The summed E-state index contributed by atoms with van der Waals surface area (Å²) in [6.45, 7) is 2.11. The molecule has 0 saturated carbocycles. The van der Waals surface area contributed by atoms with E-state index in [2.05, 4.69) is 50.7 Å². The number of benzene rings is 1. The molecular weight excluding hydrogens is 284 g/mol. The van der Waals surface area contributed by atoms with Gasteiger partial charge in [-0.1, -0.05) is 28.1 Å². The van der Waals surface area contributed by atoms with Crippen LogP contribution >= 0.6 is 27.3 Å². The molecular formula is C12H13BrN2S. The van der Waals surface area contributed by atoms with E-state index in [9.17, 15) is 0 Å². The third-order valence-electron chi connectivity index (χ3n) is 2.45. The Balaban J connectivity index is 2.31. The maximum atomic E-state index is 4.63. The van der Waals surface area contributed by atoms with Gasteiger partial charge in [0.1, 0.15) is 5.01 Å². The van der Waals surface area contributed by atoms with Crippen molar-refractivity contribution < 1.29 is 0 Å². The molecule has 2 rings (SSSR count). The molecule has 0 amide bonds. The fraction of sp³-hybridized carbons (Fsp3) is 0.250. The summed E-state index contributed by atoms with van der Waals surface area (Å²) in [5, 5.41) is 6.42. The zero-order chi connectivity index (χ0) is 11.5. The molecule has 2 nitrogen and oxygen atoms in total. The predicted octanol–water partition coefficient (Wildman–Crippen LogP) is 3.85. The van der Waals surface area contributed by atoms with E-state index in [1.54, 1.807) is 11.3 Å². The van der Waals surface area contributed by atoms with E-state index in [-0.39, 0.29) is 0 Å². The molecule has 1 N–H and O–H groups in total. The van der Waals surface area contributed by atoms with Gasteiger partial charge in [-0.3, -0.25) is 0 Å². The lowest BCUT2D eigenvalue weighted by Crippen LogP contribution is -2.11. The lowest BCUT2D eigenvalue weighted by Gasteiger charge is -2.04. The van der Waals surface area contributed by atoms with Crippen molar-refractivity contribution in [1.29, 1.82) is 0 Å². The van der Waals surface area contributed by atoms with Gasteiger partial charge in [0.25, 0.3) is 0 Å². The van der Waals surface area contributed by atoms with Crippen LogP contribution in [-0.2, 0) is 0 Å². The molecule has 84 valence electrons. The number of aromatic nitrogens is 1. The maximum Gasteiger partial charge on any atom is 0.110 e. The van der Waals surface area contributed by atoms with Gasteiger partial charge in [0.2, 0.25) is 0 Å². The monoisotopic (exact) mass is 296 g/mol. The molecule has 0 saturated heterocycles. The Morgan fingerprint density at radius 3 is 2.94 bits per heavy atom. The highest BCUT2D eigenvalue weighted by Gasteiger charge is 2.09. The van der Waals surface area contributed by atoms with Crippen LogP contribution in [0.25, 0.3) is 11.3 Å². The minimum Gasteiger partial charge on any atom is -0.311 e. The highest BCUT2D eigenvalue weighted by molar-refractivity contribution is 9.10. The number of rotatable bonds is 3. The van der Waals surface area contributed by atoms with Crippen LogP contribution in [0.3, 0.4) is 0 Å². The summed E-state index contributed by atoms with van der Waals surface area (Å²) in [6, 6.07) is 8.52. The summed E-state index contributed by atoms with van der Waals surface area (Å²) < 4.78 is 1.08. The van der Waals surface area contributed by atoms with Gasteiger partial charge in [-0.15, -0.1) is 11.3 Å². The molecule has 2 aromatic rings. The number of nitrogens with one attached hydrogen (secondary N) is 1. The first kappa shape index (κ1) is 11.8. The lowest BCUT2D eigenvalue weighted by atomic mass is 10.2. The van der Waals surface area contributed by atoms with E-state index in [0.717, 1.165) is 20.7 Å². The molecule has 1 aromatic heterocycles. The summed E-state index contributed by atoms with van der Waals surface area (Å²) in [6.07, 6.45) is 0. The largest absolute Gasteiger partial charge is 0.311 e. The van der Waals surface area contributed by atoms with Gasteiger partial charge in [0, 0.05) is 15.4 Å². The summed E-state index contributed by atoms with van der Waals surface area (Å²) in [5.74, 6) is 0. The average Bonchev–Trinajstić information content (AvgIpc) is 2.77. The highest BCUT2D eigenvalue weighted by Crippen LogP contribution is 2.26. The molecule has 4 heteroatoms. The van der Waals surface area contributed by atoms with Gasteiger partial charge in [-0.25, -0.2) is 4.98 Å². The Bertz CT molecular complexity index is 481. The predicted molar refractivity (Wildman–Crippen MR) is 72.7 cm³/mol. The van der Waals surface area contributed by atoms with Crippen LogP contribution < -0.4 is 5.32 Å². The van der Waals surface area contributed by atoms with Gasteiger partial charge >= 0.3 is 0 Å². The molecule has 0 aliphatic carbocycles. The Labute approximate surface area is 108 Å². The molecule has 0 bridgehead atoms. The Hall–Kier alpha value is -0.710. The first-order chi connectivity index (χ1) is 7.70. The van der Waals surface area contributed by atoms with Gasteiger partial charge in [-0.2, -0.15) is 0 Å². The number of thiazole rings is 1. The first-order valence-corrected chi connectivity index (χ1v) is 6.76. The Morgan fingerprint density at radius 2 is 2.25 bits per heavy atom. The van der Waals surface area contributed by atoms with Crippen LogP contribution in [0.1, 0.15) is 18.0 Å². The van der Waals surface area contributed by atoms with Crippen LogP contribution in [-0.4, -0.2) is 12.0 Å². The topological polar surface area (TPSA) is 24.9 Å². The molecule has 1 atom stereocenters. The quantitative estimate of drug-likeness (QED) is 0.930. The van der Waals surface area contributed by atoms with Crippen molar-refractivity contribution >= 4 is 27.3 Å². The van der Waals surface area contributed by atoms with Gasteiger partial charge in [-0.05, 0) is 26.1 Å². The van der Waals surface area contributed by atoms with E-state index in [1.165, 1.54) is 0 Å². The normalized spacial score (nSPS) is 12.7. The average molecular weight is 297 g/mol. The van der Waals surface area contributed by atoms with E-state index in [4.69, 9.17) is 0 Å². The molecule has 0 fully saturated rings.